The molecular weight excluding hydrogens is 316 g/mol. The summed E-state index contributed by atoms with van der Waals surface area (Å²) in [5.74, 6) is 0.444. The third kappa shape index (κ3) is 3.14. The summed E-state index contributed by atoms with van der Waals surface area (Å²) in [4.78, 5) is 23.0. The molecule has 2 heterocycles. The second kappa shape index (κ2) is 6.05. The van der Waals surface area contributed by atoms with Gasteiger partial charge in [-0.25, -0.2) is 4.79 Å². The van der Waals surface area contributed by atoms with E-state index in [4.69, 9.17) is 16.6 Å². The fraction of sp³-hybridized carbons (Fsp3) is 0.0625. The zero-order chi connectivity index (χ0) is 16.4. The Morgan fingerprint density at radius 1 is 1.17 bits per heavy atom. The van der Waals surface area contributed by atoms with Crippen LogP contribution in [0, 0.1) is 0 Å². The van der Waals surface area contributed by atoms with Gasteiger partial charge in [-0.15, -0.1) is 0 Å². The summed E-state index contributed by atoms with van der Waals surface area (Å²) >= 11 is 4.86. The second-order valence-corrected chi connectivity index (χ2v) is 5.15. The highest BCUT2D eigenvalue weighted by atomic mass is 32.1. The van der Waals surface area contributed by atoms with Crippen LogP contribution in [0.25, 0.3) is 17.4 Å². The molecule has 6 nitrogen and oxygen atoms in total. The molecule has 2 N–H and O–H groups in total. The normalized spacial score (nSPS) is 15.4. The maximum Gasteiger partial charge on any atom is 0.337 e. The van der Waals surface area contributed by atoms with Crippen molar-refractivity contribution in [2.45, 2.75) is 0 Å². The number of hydrogen-bond acceptors (Lipinski definition) is 5. The van der Waals surface area contributed by atoms with E-state index in [-0.39, 0.29) is 11.0 Å². The Morgan fingerprint density at radius 2 is 1.91 bits per heavy atom. The molecule has 1 aromatic heterocycles. The van der Waals surface area contributed by atoms with E-state index < -0.39 is 5.97 Å². The van der Waals surface area contributed by atoms with Crippen molar-refractivity contribution in [2.75, 3.05) is 7.11 Å². The minimum atomic E-state index is -0.393. The Kier molecular flexibility index (Phi) is 3.94. The van der Waals surface area contributed by atoms with Gasteiger partial charge in [0.1, 0.15) is 17.2 Å². The van der Waals surface area contributed by atoms with Gasteiger partial charge in [-0.3, -0.25) is 10.1 Å². The van der Waals surface area contributed by atoms with Crippen molar-refractivity contribution >= 4 is 35.3 Å². The van der Waals surface area contributed by atoms with Crippen LogP contribution in [-0.4, -0.2) is 24.1 Å². The summed E-state index contributed by atoms with van der Waals surface area (Å²) in [5.41, 5.74) is 1.60. The minimum Gasteiger partial charge on any atom is -0.465 e. The van der Waals surface area contributed by atoms with E-state index in [1.165, 1.54) is 7.11 Å². The molecule has 0 bridgehead atoms. The van der Waals surface area contributed by atoms with Gasteiger partial charge in [0.05, 0.1) is 12.7 Å². The summed E-state index contributed by atoms with van der Waals surface area (Å²) in [7, 11) is 1.33. The fourth-order valence-electron chi connectivity index (χ4n) is 2.10. The number of thiocarbonyl (C=S) groups is 1. The van der Waals surface area contributed by atoms with Crippen LogP contribution in [0.15, 0.2) is 46.5 Å². The quantitative estimate of drug-likeness (QED) is 0.510. The second-order valence-electron chi connectivity index (χ2n) is 4.74. The maximum atomic E-state index is 11.6. The number of ether oxygens (including phenoxy) is 1. The average Bonchev–Trinajstić information content (AvgIpc) is 3.14. The minimum absolute atomic E-state index is 0.270. The van der Waals surface area contributed by atoms with Gasteiger partial charge < -0.3 is 14.5 Å². The number of rotatable bonds is 3. The number of benzene rings is 1. The molecule has 0 atom stereocenters. The largest absolute Gasteiger partial charge is 0.465 e. The molecule has 0 saturated carbocycles. The molecule has 0 radical (unpaired) electrons. The van der Waals surface area contributed by atoms with Crippen LogP contribution in [0.3, 0.4) is 0 Å². The Balaban J connectivity index is 1.82. The van der Waals surface area contributed by atoms with Crippen LogP contribution in [0.5, 0.6) is 0 Å². The monoisotopic (exact) mass is 328 g/mol. The van der Waals surface area contributed by atoms with E-state index in [0.717, 1.165) is 5.56 Å². The van der Waals surface area contributed by atoms with E-state index in [1.54, 1.807) is 42.5 Å². The van der Waals surface area contributed by atoms with Gasteiger partial charge in [0.2, 0.25) is 0 Å². The van der Waals surface area contributed by atoms with Gasteiger partial charge >= 0.3 is 5.97 Å². The molecule has 23 heavy (non-hydrogen) atoms. The number of carbonyl (C=O) groups excluding carboxylic acids is 2. The molecule has 1 aliphatic heterocycles. The zero-order valence-corrected chi connectivity index (χ0v) is 12.9. The Morgan fingerprint density at radius 3 is 2.52 bits per heavy atom. The van der Waals surface area contributed by atoms with Crippen molar-refractivity contribution in [3.05, 3.63) is 53.4 Å². The Hall–Kier alpha value is -2.93. The molecule has 1 aliphatic rings. The lowest BCUT2D eigenvalue weighted by Crippen LogP contribution is -2.21. The number of amides is 1. The molecule has 1 aromatic carbocycles. The molecule has 1 fully saturated rings. The van der Waals surface area contributed by atoms with Crippen LogP contribution in [0.1, 0.15) is 16.1 Å². The van der Waals surface area contributed by atoms with Gasteiger partial charge in [0, 0.05) is 11.6 Å². The lowest BCUT2D eigenvalue weighted by Gasteiger charge is -2.00. The van der Waals surface area contributed by atoms with Gasteiger partial charge in [0.15, 0.2) is 5.11 Å². The van der Waals surface area contributed by atoms with Crippen molar-refractivity contribution < 1.29 is 18.7 Å². The van der Waals surface area contributed by atoms with E-state index in [0.29, 0.717) is 22.8 Å². The highest BCUT2D eigenvalue weighted by Gasteiger charge is 2.20. The first-order chi connectivity index (χ1) is 11.1. The van der Waals surface area contributed by atoms with Gasteiger partial charge in [-0.05, 0) is 36.5 Å². The van der Waals surface area contributed by atoms with E-state index in [9.17, 15) is 9.59 Å². The lowest BCUT2D eigenvalue weighted by molar-refractivity contribution is -0.115. The molecule has 3 rings (SSSR count). The summed E-state index contributed by atoms with van der Waals surface area (Å²) in [6.07, 6.45) is 1.57. The average molecular weight is 328 g/mol. The Bertz CT molecular complexity index is 821. The predicted molar refractivity (Wildman–Crippen MR) is 87.3 cm³/mol. The number of furan rings is 1. The first-order valence-corrected chi connectivity index (χ1v) is 7.10. The summed E-state index contributed by atoms with van der Waals surface area (Å²) in [6.45, 7) is 0. The van der Waals surface area contributed by atoms with Crippen molar-refractivity contribution in [3.63, 3.8) is 0 Å². The lowest BCUT2D eigenvalue weighted by atomic mass is 10.1. The highest BCUT2D eigenvalue weighted by molar-refractivity contribution is 7.80. The van der Waals surface area contributed by atoms with Crippen LogP contribution in [-0.2, 0) is 9.53 Å². The molecule has 7 heteroatoms. The highest BCUT2D eigenvalue weighted by Crippen LogP contribution is 2.24. The SMILES string of the molecule is COC(=O)c1ccc(-c2ccc(C=C3NC(=S)NC3=O)o2)cc1. The smallest absolute Gasteiger partial charge is 0.337 e. The zero-order valence-electron chi connectivity index (χ0n) is 12.1. The number of hydrogen-bond donors (Lipinski definition) is 2. The van der Waals surface area contributed by atoms with Crippen LogP contribution in [0.2, 0.25) is 0 Å². The molecule has 116 valence electrons. The summed E-state index contributed by atoms with van der Waals surface area (Å²) < 4.78 is 10.3. The first kappa shape index (κ1) is 15.0. The number of methoxy groups -OCH3 is 1. The van der Waals surface area contributed by atoms with Crippen molar-refractivity contribution in [1.29, 1.82) is 0 Å². The van der Waals surface area contributed by atoms with Gasteiger partial charge in [-0.1, -0.05) is 12.1 Å². The first-order valence-electron chi connectivity index (χ1n) is 6.69. The molecule has 1 amide bonds. The summed E-state index contributed by atoms with van der Waals surface area (Å²) in [6, 6.07) is 10.4. The molecule has 0 unspecified atom stereocenters. The fourth-order valence-corrected chi connectivity index (χ4v) is 2.30. The van der Waals surface area contributed by atoms with E-state index in [1.807, 2.05) is 0 Å². The maximum absolute atomic E-state index is 11.6. The molecule has 2 aromatic rings. The third-order valence-electron chi connectivity index (χ3n) is 3.22. The molecular formula is C16H12N2O4S. The molecule has 0 aliphatic carbocycles. The molecule has 1 saturated heterocycles. The van der Waals surface area contributed by atoms with Crippen molar-refractivity contribution in [3.8, 4) is 11.3 Å². The van der Waals surface area contributed by atoms with Gasteiger partial charge in [0.25, 0.3) is 5.91 Å². The predicted octanol–water partition coefficient (Wildman–Crippen LogP) is 2.08. The standard InChI is InChI=1S/C16H12N2O4S/c1-21-15(20)10-4-2-9(3-5-10)13-7-6-11(22-13)8-12-14(19)18-16(23)17-12/h2-8H,1H3,(H2,17,18,19,23). The topological polar surface area (TPSA) is 80.6 Å². The van der Waals surface area contributed by atoms with E-state index in [2.05, 4.69) is 15.4 Å². The molecule has 0 spiro atoms. The number of nitrogens with one attached hydrogen (secondary N) is 2. The third-order valence-corrected chi connectivity index (χ3v) is 3.43. The number of carbonyl (C=O) groups is 2. The Labute approximate surface area is 137 Å². The van der Waals surface area contributed by atoms with Crippen molar-refractivity contribution in [2.24, 2.45) is 0 Å². The van der Waals surface area contributed by atoms with Crippen LogP contribution < -0.4 is 10.6 Å². The number of esters is 1. The summed E-state index contributed by atoms with van der Waals surface area (Å²) in [5, 5.41) is 5.49. The van der Waals surface area contributed by atoms with Crippen molar-refractivity contribution in [1.82, 2.24) is 10.6 Å². The van der Waals surface area contributed by atoms with Crippen LogP contribution in [0.4, 0.5) is 0 Å². The van der Waals surface area contributed by atoms with E-state index >= 15 is 0 Å². The van der Waals surface area contributed by atoms with Gasteiger partial charge in [-0.2, -0.15) is 0 Å². The van der Waals surface area contributed by atoms with Crippen LogP contribution >= 0.6 is 12.2 Å².